The van der Waals surface area contributed by atoms with Crippen LogP contribution in [0.1, 0.15) is 18.2 Å². The van der Waals surface area contributed by atoms with E-state index in [0.29, 0.717) is 17.1 Å². The Bertz CT molecular complexity index is 780. The van der Waals surface area contributed by atoms with Crippen LogP contribution in [0.4, 0.5) is 10.2 Å². The van der Waals surface area contributed by atoms with Gasteiger partial charge in [-0.15, -0.1) is 11.8 Å². The monoisotopic (exact) mass is 382 g/mol. The molecule has 1 amide bonds. The van der Waals surface area contributed by atoms with Crippen molar-refractivity contribution in [1.29, 1.82) is 0 Å². The van der Waals surface area contributed by atoms with Gasteiger partial charge in [-0.1, -0.05) is 11.2 Å². The number of thioether (sulfide) groups is 1. The van der Waals surface area contributed by atoms with Gasteiger partial charge in [-0.3, -0.25) is 9.59 Å². The molecule has 2 rings (SSSR count). The van der Waals surface area contributed by atoms with Crippen molar-refractivity contribution in [1.82, 2.24) is 5.16 Å². The Balaban J connectivity index is 1.73. The van der Waals surface area contributed by atoms with E-state index in [2.05, 4.69) is 10.5 Å². The van der Waals surface area contributed by atoms with Crippen molar-refractivity contribution in [3.63, 3.8) is 0 Å². The van der Waals surface area contributed by atoms with Gasteiger partial charge in [0.15, 0.2) is 17.4 Å². The molecule has 1 atom stereocenters. The van der Waals surface area contributed by atoms with Crippen LogP contribution in [0, 0.1) is 12.7 Å². The number of benzene rings is 1. The molecule has 1 N–H and O–H groups in total. The fourth-order valence-electron chi connectivity index (χ4n) is 1.93. The Labute approximate surface area is 154 Å². The van der Waals surface area contributed by atoms with E-state index < -0.39 is 17.0 Å². The summed E-state index contributed by atoms with van der Waals surface area (Å²) in [5.74, 6) is -0.299. The highest BCUT2D eigenvalue weighted by atomic mass is 32.2. The largest absolute Gasteiger partial charge is 0.494 e. The summed E-state index contributed by atoms with van der Waals surface area (Å²) in [6, 6.07) is 5.91. The summed E-state index contributed by atoms with van der Waals surface area (Å²) in [4.78, 5) is 23.8. The van der Waals surface area contributed by atoms with Crippen molar-refractivity contribution < 1.29 is 28.0 Å². The van der Waals surface area contributed by atoms with E-state index in [0.717, 1.165) is 11.8 Å². The molecule has 0 spiro atoms. The van der Waals surface area contributed by atoms with E-state index in [9.17, 15) is 14.0 Å². The Kier molecular flexibility index (Phi) is 7.02. The molecule has 9 heteroatoms. The smallest absolute Gasteiger partial charge is 0.316 e. The highest BCUT2D eigenvalue weighted by molar-refractivity contribution is 8.01. The number of carbonyl (C=O) groups excluding carboxylic acids is 2. The zero-order valence-corrected chi connectivity index (χ0v) is 15.4. The average Bonchev–Trinajstić information content (AvgIpc) is 3.02. The Morgan fingerprint density at radius 3 is 2.77 bits per heavy atom. The SMILES string of the molecule is COc1ccc(COC(=O)CS[C@@H](C)C(=O)Nc2cc(C)on2)cc1F. The average molecular weight is 382 g/mol. The highest BCUT2D eigenvalue weighted by Crippen LogP contribution is 2.19. The van der Waals surface area contributed by atoms with Gasteiger partial charge in [0.05, 0.1) is 18.1 Å². The zero-order chi connectivity index (χ0) is 19.1. The molecular formula is C17H19FN2O5S. The molecule has 0 radical (unpaired) electrons. The van der Waals surface area contributed by atoms with Gasteiger partial charge in [0.1, 0.15) is 12.4 Å². The number of anilines is 1. The Morgan fingerprint density at radius 2 is 2.15 bits per heavy atom. The predicted octanol–water partition coefficient (Wildman–Crippen LogP) is 2.93. The third-order valence-corrected chi connectivity index (χ3v) is 4.43. The zero-order valence-electron chi connectivity index (χ0n) is 14.6. The second-order valence-corrected chi connectivity index (χ2v) is 6.72. The molecular weight excluding hydrogens is 363 g/mol. The van der Waals surface area contributed by atoms with Crippen molar-refractivity contribution >= 4 is 29.5 Å². The first-order chi connectivity index (χ1) is 12.4. The van der Waals surface area contributed by atoms with Crippen LogP contribution in [0.2, 0.25) is 0 Å². The maximum Gasteiger partial charge on any atom is 0.316 e. The van der Waals surface area contributed by atoms with Crippen LogP contribution in [-0.4, -0.2) is 35.1 Å². The lowest BCUT2D eigenvalue weighted by Gasteiger charge is -2.10. The maximum absolute atomic E-state index is 13.6. The minimum Gasteiger partial charge on any atom is -0.494 e. The summed E-state index contributed by atoms with van der Waals surface area (Å²) in [6.45, 7) is 3.32. The van der Waals surface area contributed by atoms with Crippen molar-refractivity contribution in [2.75, 3.05) is 18.2 Å². The van der Waals surface area contributed by atoms with Crippen LogP contribution in [0.25, 0.3) is 0 Å². The van der Waals surface area contributed by atoms with Gasteiger partial charge in [-0.05, 0) is 31.5 Å². The number of rotatable bonds is 8. The molecule has 0 aliphatic carbocycles. The number of aromatic nitrogens is 1. The molecule has 0 aliphatic heterocycles. The molecule has 0 saturated heterocycles. The number of halogens is 1. The molecule has 1 heterocycles. The first kappa shape index (κ1) is 19.8. The third-order valence-electron chi connectivity index (χ3n) is 3.32. The molecule has 0 aliphatic rings. The predicted molar refractivity (Wildman–Crippen MR) is 94.5 cm³/mol. The lowest BCUT2D eigenvalue weighted by molar-refractivity contribution is -0.141. The van der Waals surface area contributed by atoms with Crippen molar-refractivity contribution in [3.05, 3.63) is 41.4 Å². The molecule has 26 heavy (non-hydrogen) atoms. The number of amides is 1. The fourth-order valence-corrected chi connectivity index (χ4v) is 2.61. The Morgan fingerprint density at radius 1 is 1.38 bits per heavy atom. The molecule has 0 fully saturated rings. The van der Waals surface area contributed by atoms with E-state index in [1.54, 1.807) is 26.0 Å². The number of esters is 1. The van der Waals surface area contributed by atoms with E-state index >= 15 is 0 Å². The quantitative estimate of drug-likeness (QED) is 0.702. The minimum absolute atomic E-state index is 0.00886. The summed E-state index contributed by atoms with van der Waals surface area (Å²) in [5.41, 5.74) is 0.508. The van der Waals surface area contributed by atoms with Crippen molar-refractivity contribution in [3.8, 4) is 5.75 Å². The molecule has 140 valence electrons. The molecule has 1 aromatic heterocycles. The van der Waals surface area contributed by atoms with Gasteiger partial charge in [0, 0.05) is 6.07 Å². The summed E-state index contributed by atoms with van der Waals surface area (Å²) < 4.78 is 28.3. The molecule has 0 bridgehead atoms. The number of nitrogens with one attached hydrogen (secondary N) is 1. The van der Waals surface area contributed by atoms with Crippen LogP contribution >= 0.6 is 11.8 Å². The van der Waals surface area contributed by atoms with Crippen LogP contribution < -0.4 is 10.1 Å². The summed E-state index contributed by atoms with van der Waals surface area (Å²) in [7, 11) is 1.37. The second-order valence-electron chi connectivity index (χ2n) is 5.39. The molecule has 0 saturated carbocycles. The van der Waals surface area contributed by atoms with Gasteiger partial charge < -0.3 is 19.3 Å². The normalized spacial score (nSPS) is 11.7. The number of nitrogens with zero attached hydrogens (tertiary/aromatic N) is 1. The van der Waals surface area contributed by atoms with E-state index in [-0.39, 0.29) is 24.0 Å². The number of methoxy groups -OCH3 is 1. The Hall–Kier alpha value is -2.55. The first-order valence-corrected chi connectivity index (χ1v) is 8.77. The standard InChI is InChI=1S/C17H19FN2O5S/c1-10-6-15(20-25-10)19-17(22)11(2)26-9-16(21)24-8-12-4-5-14(23-3)13(18)7-12/h4-7,11H,8-9H2,1-3H3,(H,19,20,22)/t11-/m0/s1. The molecule has 7 nitrogen and oxygen atoms in total. The number of aryl methyl sites for hydroxylation is 1. The van der Waals surface area contributed by atoms with Gasteiger partial charge in [-0.2, -0.15) is 0 Å². The van der Waals surface area contributed by atoms with Crippen molar-refractivity contribution in [2.45, 2.75) is 25.7 Å². The lowest BCUT2D eigenvalue weighted by atomic mass is 10.2. The number of carbonyl (C=O) groups is 2. The number of hydrogen-bond donors (Lipinski definition) is 1. The number of hydrogen-bond acceptors (Lipinski definition) is 7. The van der Waals surface area contributed by atoms with E-state index in [1.807, 2.05) is 0 Å². The van der Waals surface area contributed by atoms with Crippen molar-refractivity contribution in [2.24, 2.45) is 0 Å². The van der Waals surface area contributed by atoms with E-state index in [1.165, 1.54) is 19.2 Å². The third kappa shape index (κ3) is 5.76. The fraction of sp³-hybridized carbons (Fsp3) is 0.353. The topological polar surface area (TPSA) is 90.7 Å². The highest BCUT2D eigenvalue weighted by Gasteiger charge is 2.17. The number of ether oxygens (including phenoxy) is 2. The molecule has 0 unspecified atom stereocenters. The minimum atomic E-state index is -0.524. The van der Waals surface area contributed by atoms with Gasteiger partial charge in [0.25, 0.3) is 0 Å². The molecule has 2 aromatic rings. The van der Waals surface area contributed by atoms with Crippen LogP contribution in [0.15, 0.2) is 28.8 Å². The second kappa shape index (κ2) is 9.23. The van der Waals surface area contributed by atoms with Gasteiger partial charge in [-0.25, -0.2) is 4.39 Å². The van der Waals surface area contributed by atoms with Crippen LogP contribution in [0.5, 0.6) is 5.75 Å². The lowest BCUT2D eigenvalue weighted by Crippen LogP contribution is -2.24. The van der Waals surface area contributed by atoms with Crippen LogP contribution in [0.3, 0.4) is 0 Å². The van der Waals surface area contributed by atoms with Crippen LogP contribution in [-0.2, 0) is 20.9 Å². The first-order valence-electron chi connectivity index (χ1n) is 7.73. The summed E-state index contributed by atoms with van der Waals surface area (Å²) in [5, 5.41) is 5.77. The summed E-state index contributed by atoms with van der Waals surface area (Å²) >= 11 is 1.12. The maximum atomic E-state index is 13.6. The van der Waals surface area contributed by atoms with E-state index in [4.69, 9.17) is 14.0 Å². The summed E-state index contributed by atoms with van der Waals surface area (Å²) in [6.07, 6.45) is 0. The van der Waals surface area contributed by atoms with Gasteiger partial charge in [0.2, 0.25) is 5.91 Å². The van der Waals surface area contributed by atoms with Gasteiger partial charge >= 0.3 is 5.97 Å². The molecule has 1 aromatic carbocycles.